The number of nitrogens with zero attached hydrogens (tertiary/aromatic N) is 6. The summed E-state index contributed by atoms with van der Waals surface area (Å²) in [6, 6.07) is 11.5. The van der Waals surface area contributed by atoms with Crippen LogP contribution in [0.2, 0.25) is 5.02 Å². The third-order valence-electron chi connectivity index (χ3n) is 10.5. The number of halogens is 2. The quantitative estimate of drug-likeness (QED) is 0.290. The van der Waals surface area contributed by atoms with E-state index in [4.69, 9.17) is 21.3 Å². The Balaban J connectivity index is 1.16. The lowest BCUT2D eigenvalue weighted by molar-refractivity contribution is -0.124. The fourth-order valence-electron chi connectivity index (χ4n) is 7.75. The Kier molecular flexibility index (Phi) is 7.87. The lowest BCUT2D eigenvalue weighted by atomic mass is 9.95. The first kappa shape index (κ1) is 30.3. The number of carbonyl (C=O) groups excluding carboxylic acids is 1. The minimum Gasteiger partial charge on any atom is -0.461 e. The van der Waals surface area contributed by atoms with Crippen LogP contribution in [0.1, 0.15) is 38.5 Å². The molecule has 2 aromatic carbocycles. The molecule has 47 heavy (non-hydrogen) atoms. The van der Waals surface area contributed by atoms with Gasteiger partial charge in [0.25, 0.3) is 5.91 Å². The van der Waals surface area contributed by atoms with E-state index in [1.165, 1.54) is 0 Å². The Bertz CT molecular complexity index is 1920. The van der Waals surface area contributed by atoms with Crippen LogP contribution < -0.4 is 15.0 Å². The molecule has 242 valence electrons. The SMILES string of the molecule is CN(c1nc(OCC23CCCN2CCC3)nc2c(F)c(-c3cccc4cccc(Cl)c34)ncc12)[C@@H]1CCN(C(=O)C#CC2CCN2)C1. The molecule has 6 heterocycles. The van der Waals surface area contributed by atoms with E-state index in [9.17, 15) is 4.79 Å². The van der Waals surface area contributed by atoms with Gasteiger partial charge in [-0.1, -0.05) is 47.9 Å². The van der Waals surface area contributed by atoms with Gasteiger partial charge in [-0.3, -0.25) is 14.7 Å². The molecule has 9 nitrogen and oxygen atoms in total. The molecule has 2 aromatic heterocycles. The third kappa shape index (κ3) is 5.44. The third-order valence-corrected chi connectivity index (χ3v) is 10.9. The van der Waals surface area contributed by atoms with Gasteiger partial charge in [0.1, 0.15) is 23.6 Å². The van der Waals surface area contributed by atoms with Crippen LogP contribution in [0.25, 0.3) is 32.9 Å². The molecule has 4 aliphatic rings. The highest BCUT2D eigenvalue weighted by molar-refractivity contribution is 6.36. The van der Waals surface area contributed by atoms with Crippen LogP contribution in [0.4, 0.5) is 10.2 Å². The zero-order chi connectivity index (χ0) is 32.1. The van der Waals surface area contributed by atoms with E-state index in [0.29, 0.717) is 41.5 Å². The summed E-state index contributed by atoms with van der Waals surface area (Å²) in [5.41, 5.74) is 0.887. The predicted octanol–water partition coefficient (Wildman–Crippen LogP) is 5.05. The number of fused-ring (bicyclic) bond motifs is 3. The molecule has 4 aromatic rings. The summed E-state index contributed by atoms with van der Waals surface area (Å²) in [4.78, 5) is 33.4. The van der Waals surface area contributed by atoms with Crippen LogP contribution in [0, 0.1) is 17.7 Å². The van der Waals surface area contributed by atoms with Gasteiger partial charge >= 0.3 is 6.01 Å². The molecule has 0 aliphatic carbocycles. The van der Waals surface area contributed by atoms with Crippen molar-refractivity contribution in [2.75, 3.05) is 51.3 Å². The Morgan fingerprint density at radius 2 is 1.94 bits per heavy atom. The second-order valence-corrected chi connectivity index (χ2v) is 13.6. The summed E-state index contributed by atoms with van der Waals surface area (Å²) in [5.74, 6) is 5.64. The first-order chi connectivity index (χ1) is 22.9. The monoisotopic (exact) mass is 653 g/mol. The summed E-state index contributed by atoms with van der Waals surface area (Å²) in [6.45, 7) is 4.63. The van der Waals surface area contributed by atoms with Crippen LogP contribution in [-0.2, 0) is 4.79 Å². The Morgan fingerprint density at radius 3 is 2.70 bits per heavy atom. The Labute approximate surface area is 278 Å². The zero-order valence-electron chi connectivity index (χ0n) is 26.4. The van der Waals surface area contributed by atoms with E-state index in [1.807, 2.05) is 42.3 Å². The van der Waals surface area contributed by atoms with Gasteiger partial charge in [-0.25, -0.2) is 4.39 Å². The van der Waals surface area contributed by atoms with Gasteiger partial charge in [0, 0.05) is 48.3 Å². The Morgan fingerprint density at radius 1 is 1.15 bits per heavy atom. The zero-order valence-corrected chi connectivity index (χ0v) is 27.2. The van der Waals surface area contributed by atoms with Crippen LogP contribution in [-0.4, -0.2) is 94.7 Å². The molecular formula is C36H37ClFN7O2. The molecule has 1 unspecified atom stereocenters. The molecule has 11 heteroatoms. The molecule has 1 N–H and O–H groups in total. The summed E-state index contributed by atoms with van der Waals surface area (Å²) < 4.78 is 23.2. The van der Waals surface area contributed by atoms with E-state index in [-0.39, 0.29) is 40.8 Å². The van der Waals surface area contributed by atoms with Crippen molar-refractivity contribution in [2.24, 2.45) is 0 Å². The van der Waals surface area contributed by atoms with E-state index in [2.05, 4.69) is 32.0 Å². The summed E-state index contributed by atoms with van der Waals surface area (Å²) >= 11 is 6.63. The van der Waals surface area contributed by atoms with Crippen molar-refractivity contribution in [1.29, 1.82) is 0 Å². The van der Waals surface area contributed by atoms with Gasteiger partial charge < -0.3 is 19.9 Å². The Hall–Kier alpha value is -4.04. The van der Waals surface area contributed by atoms with Crippen molar-refractivity contribution in [3.05, 3.63) is 53.4 Å². The fraction of sp³-hybridized carbons (Fsp3) is 0.444. The minimum atomic E-state index is -0.554. The van der Waals surface area contributed by atoms with Crippen molar-refractivity contribution in [3.8, 4) is 29.1 Å². The average molecular weight is 654 g/mol. The number of nitrogens with one attached hydrogen (secondary N) is 1. The van der Waals surface area contributed by atoms with Gasteiger partial charge in [-0.2, -0.15) is 9.97 Å². The fourth-order valence-corrected chi connectivity index (χ4v) is 8.03. The molecule has 2 atom stereocenters. The molecule has 0 spiro atoms. The highest BCUT2D eigenvalue weighted by atomic mass is 35.5. The van der Waals surface area contributed by atoms with Gasteiger partial charge in [-0.05, 0) is 75.5 Å². The number of amides is 1. The smallest absolute Gasteiger partial charge is 0.319 e. The second kappa shape index (κ2) is 12.2. The molecule has 8 rings (SSSR count). The summed E-state index contributed by atoms with van der Waals surface area (Å²) in [5, 5.41) is 5.85. The topological polar surface area (TPSA) is 86.7 Å². The van der Waals surface area contributed by atoms with Crippen molar-refractivity contribution in [3.63, 3.8) is 0 Å². The van der Waals surface area contributed by atoms with Gasteiger partial charge in [0.2, 0.25) is 0 Å². The molecule has 4 aliphatic heterocycles. The van der Waals surface area contributed by atoms with Crippen LogP contribution in [0.5, 0.6) is 6.01 Å². The summed E-state index contributed by atoms with van der Waals surface area (Å²) in [7, 11) is 1.93. The van der Waals surface area contributed by atoms with E-state index in [1.54, 1.807) is 17.2 Å². The van der Waals surface area contributed by atoms with Gasteiger partial charge in [0.15, 0.2) is 5.82 Å². The highest BCUT2D eigenvalue weighted by Gasteiger charge is 2.45. The summed E-state index contributed by atoms with van der Waals surface area (Å²) in [6.07, 6.45) is 7.77. The normalized spacial score (nSPS) is 21.8. The number of aromatic nitrogens is 3. The second-order valence-electron chi connectivity index (χ2n) is 13.2. The average Bonchev–Trinajstić information content (AvgIpc) is 3.80. The number of hydrogen-bond donors (Lipinski definition) is 1. The number of likely N-dealkylation sites (tertiary alicyclic amines) is 1. The van der Waals surface area contributed by atoms with E-state index < -0.39 is 5.82 Å². The standard InChI is InChI=1S/C36H37ClFN7O2/c1-43(25-13-19-44(21-25)29(46)11-10-24-12-16-39-24)34-27-20-40-32(26-8-2-6-23-7-3-9-28(37)30(23)26)31(38)33(27)41-35(42-34)47-22-36-14-4-17-45(36)18-5-15-36/h2-3,6-9,20,24-25,39H,4-5,12-19,21-22H2,1H3/t24?,25-/m1/s1. The van der Waals surface area contributed by atoms with Crippen LogP contribution in [0.3, 0.4) is 0 Å². The maximum Gasteiger partial charge on any atom is 0.319 e. The number of benzene rings is 2. The van der Waals surface area contributed by atoms with E-state index >= 15 is 4.39 Å². The first-order valence-electron chi connectivity index (χ1n) is 16.6. The molecule has 4 fully saturated rings. The molecule has 0 saturated carbocycles. The molecule has 0 radical (unpaired) electrons. The number of pyridine rings is 1. The van der Waals surface area contributed by atoms with Crippen molar-refractivity contribution >= 4 is 45.0 Å². The lowest BCUT2D eigenvalue weighted by Gasteiger charge is -2.31. The van der Waals surface area contributed by atoms with Gasteiger partial charge in [-0.15, -0.1) is 0 Å². The minimum absolute atomic E-state index is 0.0195. The highest BCUT2D eigenvalue weighted by Crippen LogP contribution is 2.40. The first-order valence-corrected chi connectivity index (χ1v) is 17.0. The number of carbonyl (C=O) groups is 1. The number of hydrogen-bond acceptors (Lipinski definition) is 8. The maximum absolute atomic E-state index is 16.8. The van der Waals surface area contributed by atoms with Gasteiger partial charge in [0.05, 0.1) is 17.0 Å². The molecule has 0 bridgehead atoms. The maximum atomic E-state index is 16.8. The molecule has 4 saturated heterocycles. The lowest BCUT2D eigenvalue weighted by Crippen LogP contribution is -2.43. The number of ether oxygens (including phenoxy) is 1. The number of likely N-dealkylation sites (N-methyl/N-ethyl adjacent to an activating group) is 1. The number of rotatable bonds is 6. The van der Waals surface area contributed by atoms with Crippen molar-refractivity contribution in [1.82, 2.24) is 30.1 Å². The van der Waals surface area contributed by atoms with Crippen molar-refractivity contribution in [2.45, 2.75) is 56.1 Å². The van der Waals surface area contributed by atoms with Crippen LogP contribution in [0.15, 0.2) is 42.6 Å². The van der Waals surface area contributed by atoms with Crippen LogP contribution >= 0.6 is 11.6 Å². The molecule has 1 amide bonds. The predicted molar refractivity (Wildman–Crippen MR) is 181 cm³/mol. The molecular weight excluding hydrogens is 617 g/mol. The number of anilines is 1. The van der Waals surface area contributed by atoms with E-state index in [0.717, 1.165) is 68.9 Å². The largest absolute Gasteiger partial charge is 0.461 e. The van der Waals surface area contributed by atoms with Crippen molar-refractivity contribution < 1.29 is 13.9 Å².